The zero-order valence-corrected chi connectivity index (χ0v) is 10.6. The minimum Gasteiger partial charge on any atom is -0.379 e. The summed E-state index contributed by atoms with van der Waals surface area (Å²) in [5.41, 5.74) is 1.05. The fourth-order valence-electron chi connectivity index (χ4n) is 2.38. The Bertz CT molecular complexity index is 382. The Morgan fingerprint density at radius 3 is 2.76 bits per heavy atom. The average molecular weight is 254 g/mol. The predicted octanol–water partition coefficient (Wildman–Crippen LogP) is 2.09. The molecule has 2 rings (SSSR count). The van der Waals surface area contributed by atoms with Crippen LogP contribution in [0.1, 0.15) is 6.42 Å². The van der Waals surface area contributed by atoms with Crippen molar-refractivity contribution in [2.75, 3.05) is 24.4 Å². The van der Waals surface area contributed by atoms with E-state index in [0.717, 1.165) is 18.7 Å². The second-order valence-corrected chi connectivity index (χ2v) is 4.40. The second-order valence-electron chi connectivity index (χ2n) is 4.14. The molecule has 17 heavy (non-hydrogen) atoms. The van der Waals surface area contributed by atoms with Crippen molar-refractivity contribution in [2.45, 2.75) is 18.6 Å². The lowest BCUT2D eigenvalue weighted by Gasteiger charge is -2.27. The van der Waals surface area contributed by atoms with Crippen molar-refractivity contribution in [2.24, 2.45) is 0 Å². The summed E-state index contributed by atoms with van der Waals surface area (Å²) >= 11 is 5.68. The molecule has 0 saturated carbocycles. The first-order valence-electron chi connectivity index (χ1n) is 5.71. The lowest BCUT2D eigenvalue weighted by Crippen LogP contribution is -2.43. The van der Waals surface area contributed by atoms with Crippen molar-refractivity contribution in [3.05, 3.63) is 30.3 Å². The van der Waals surface area contributed by atoms with Crippen molar-refractivity contribution >= 4 is 23.1 Å². The molecule has 3 nitrogen and oxygen atoms in total. The smallest absolute Gasteiger partial charge is 0.172 e. The number of ketones is 1. The third kappa shape index (κ3) is 2.45. The van der Waals surface area contributed by atoms with Crippen LogP contribution in [0, 0.1) is 0 Å². The van der Waals surface area contributed by atoms with Crippen LogP contribution in [-0.4, -0.2) is 37.5 Å². The maximum atomic E-state index is 11.9. The fraction of sp³-hybridized carbons (Fsp3) is 0.462. The molecule has 4 heteroatoms. The highest BCUT2D eigenvalue weighted by Gasteiger charge is 2.38. The summed E-state index contributed by atoms with van der Waals surface area (Å²) in [4.78, 5) is 14.0. The normalized spacial score (nSPS) is 24.0. The van der Waals surface area contributed by atoms with Gasteiger partial charge in [0, 0.05) is 19.3 Å². The first-order chi connectivity index (χ1) is 8.27. The highest BCUT2D eigenvalue weighted by molar-refractivity contribution is 6.28. The van der Waals surface area contributed by atoms with Crippen LogP contribution in [0.4, 0.5) is 5.69 Å². The van der Waals surface area contributed by atoms with E-state index in [-0.39, 0.29) is 23.8 Å². The molecule has 1 heterocycles. The molecule has 1 aliphatic heterocycles. The molecule has 0 radical (unpaired) electrons. The van der Waals surface area contributed by atoms with E-state index in [0.29, 0.717) is 0 Å². The number of nitrogens with zero attached hydrogens (tertiary/aromatic N) is 1. The van der Waals surface area contributed by atoms with Gasteiger partial charge in [-0.3, -0.25) is 4.79 Å². The lowest BCUT2D eigenvalue weighted by atomic mass is 10.1. The SMILES string of the molecule is CO[C@@H]1CCN(c2ccccc2)[C@H]1C(=O)CCl. The molecular weight excluding hydrogens is 238 g/mol. The third-order valence-electron chi connectivity index (χ3n) is 3.19. The zero-order valence-electron chi connectivity index (χ0n) is 9.80. The fourth-order valence-corrected chi connectivity index (χ4v) is 2.54. The molecule has 1 aromatic carbocycles. The maximum Gasteiger partial charge on any atom is 0.172 e. The van der Waals surface area contributed by atoms with Gasteiger partial charge in [0.25, 0.3) is 0 Å². The molecule has 1 aromatic rings. The van der Waals surface area contributed by atoms with E-state index in [1.54, 1.807) is 7.11 Å². The summed E-state index contributed by atoms with van der Waals surface area (Å²) in [6.07, 6.45) is 0.806. The highest BCUT2D eigenvalue weighted by atomic mass is 35.5. The van der Waals surface area contributed by atoms with Gasteiger partial charge in [-0.05, 0) is 18.6 Å². The van der Waals surface area contributed by atoms with E-state index in [1.165, 1.54) is 0 Å². The van der Waals surface area contributed by atoms with E-state index in [9.17, 15) is 4.79 Å². The summed E-state index contributed by atoms with van der Waals surface area (Å²) < 4.78 is 5.38. The number of ether oxygens (including phenoxy) is 1. The quantitative estimate of drug-likeness (QED) is 0.770. The number of alkyl halides is 1. The van der Waals surface area contributed by atoms with E-state index < -0.39 is 0 Å². The number of methoxy groups -OCH3 is 1. The summed E-state index contributed by atoms with van der Waals surface area (Å²) in [7, 11) is 1.65. The number of halogens is 1. The Hall–Kier alpha value is -1.06. The molecule has 1 saturated heterocycles. The molecule has 0 amide bonds. The van der Waals surface area contributed by atoms with Gasteiger partial charge in [-0.2, -0.15) is 0 Å². The topological polar surface area (TPSA) is 29.5 Å². The second kappa shape index (κ2) is 5.52. The number of carbonyl (C=O) groups is 1. The molecule has 0 N–H and O–H groups in total. The lowest BCUT2D eigenvalue weighted by molar-refractivity contribution is -0.120. The third-order valence-corrected chi connectivity index (χ3v) is 3.46. The van der Waals surface area contributed by atoms with Crippen LogP contribution in [-0.2, 0) is 9.53 Å². The van der Waals surface area contributed by atoms with Gasteiger partial charge in [0.05, 0.1) is 12.0 Å². The summed E-state index contributed by atoms with van der Waals surface area (Å²) in [5.74, 6) is 0.0632. The number of hydrogen-bond acceptors (Lipinski definition) is 3. The number of benzene rings is 1. The molecular formula is C13H16ClNO2. The number of rotatable bonds is 4. The molecule has 0 bridgehead atoms. The van der Waals surface area contributed by atoms with Crippen molar-refractivity contribution in [3.8, 4) is 0 Å². The maximum absolute atomic E-state index is 11.9. The van der Waals surface area contributed by atoms with Crippen molar-refractivity contribution in [3.63, 3.8) is 0 Å². The van der Waals surface area contributed by atoms with E-state index in [4.69, 9.17) is 16.3 Å². The van der Waals surface area contributed by atoms with Crippen LogP contribution in [0.5, 0.6) is 0 Å². The van der Waals surface area contributed by atoms with Gasteiger partial charge >= 0.3 is 0 Å². The Morgan fingerprint density at radius 1 is 1.47 bits per heavy atom. The Morgan fingerprint density at radius 2 is 2.18 bits per heavy atom. The monoisotopic (exact) mass is 253 g/mol. The van der Waals surface area contributed by atoms with Crippen molar-refractivity contribution in [1.82, 2.24) is 0 Å². The number of carbonyl (C=O) groups excluding carboxylic acids is 1. The van der Waals surface area contributed by atoms with Crippen LogP contribution in [0.2, 0.25) is 0 Å². The molecule has 92 valence electrons. The minimum absolute atomic E-state index is 0.0277. The molecule has 0 unspecified atom stereocenters. The van der Waals surface area contributed by atoms with Gasteiger partial charge in [0.15, 0.2) is 5.78 Å². The van der Waals surface area contributed by atoms with Crippen molar-refractivity contribution < 1.29 is 9.53 Å². The van der Waals surface area contributed by atoms with Gasteiger partial charge in [-0.1, -0.05) is 18.2 Å². The Kier molecular flexibility index (Phi) is 4.02. The van der Waals surface area contributed by atoms with Crippen LogP contribution >= 0.6 is 11.6 Å². The molecule has 1 aliphatic rings. The Balaban J connectivity index is 2.25. The zero-order chi connectivity index (χ0) is 12.3. The largest absolute Gasteiger partial charge is 0.379 e. The first-order valence-corrected chi connectivity index (χ1v) is 6.24. The van der Waals surface area contributed by atoms with Crippen LogP contribution in [0.15, 0.2) is 30.3 Å². The predicted molar refractivity (Wildman–Crippen MR) is 68.7 cm³/mol. The summed E-state index contributed by atoms with van der Waals surface area (Å²) in [6.45, 7) is 0.829. The molecule has 2 atom stereocenters. The van der Waals surface area contributed by atoms with Gasteiger partial charge < -0.3 is 9.64 Å². The van der Waals surface area contributed by atoms with Crippen LogP contribution in [0.3, 0.4) is 0 Å². The summed E-state index contributed by atoms with van der Waals surface area (Å²) in [6, 6.07) is 9.67. The average Bonchev–Trinajstić information content (AvgIpc) is 2.82. The molecule has 0 aliphatic carbocycles. The van der Waals surface area contributed by atoms with E-state index in [2.05, 4.69) is 4.90 Å². The first kappa shape index (κ1) is 12.4. The number of anilines is 1. The molecule has 0 spiro atoms. The summed E-state index contributed by atoms with van der Waals surface area (Å²) in [5, 5.41) is 0. The Labute approximate surface area is 106 Å². The van der Waals surface area contributed by atoms with Gasteiger partial charge in [0.1, 0.15) is 6.04 Å². The number of Topliss-reactive ketones (excluding diaryl/α,β-unsaturated/α-hetero) is 1. The van der Waals surface area contributed by atoms with E-state index in [1.807, 2.05) is 30.3 Å². The van der Waals surface area contributed by atoms with Crippen molar-refractivity contribution in [1.29, 1.82) is 0 Å². The van der Waals surface area contributed by atoms with Crippen LogP contribution in [0.25, 0.3) is 0 Å². The number of para-hydroxylation sites is 1. The van der Waals surface area contributed by atoms with Gasteiger partial charge in [0.2, 0.25) is 0 Å². The van der Waals surface area contributed by atoms with Gasteiger partial charge in [-0.25, -0.2) is 0 Å². The minimum atomic E-state index is -0.250. The standard InChI is InChI=1S/C13H16ClNO2/c1-17-12-7-8-15(13(12)11(16)9-14)10-5-3-2-4-6-10/h2-6,12-13H,7-9H2,1H3/t12-,13+/m1/s1. The number of hydrogen-bond donors (Lipinski definition) is 0. The van der Waals surface area contributed by atoms with Crippen LogP contribution < -0.4 is 4.90 Å². The highest BCUT2D eigenvalue weighted by Crippen LogP contribution is 2.27. The van der Waals surface area contributed by atoms with E-state index >= 15 is 0 Å². The van der Waals surface area contributed by atoms with Gasteiger partial charge in [-0.15, -0.1) is 11.6 Å². The molecule has 0 aromatic heterocycles. The molecule has 1 fully saturated rings.